The van der Waals surface area contributed by atoms with E-state index in [1.54, 1.807) is 11.9 Å². The number of ether oxygens (including phenoxy) is 2. The Morgan fingerprint density at radius 3 is 2.40 bits per heavy atom. The fourth-order valence-corrected chi connectivity index (χ4v) is 3.19. The molecule has 1 fully saturated rings. The fourth-order valence-electron chi connectivity index (χ4n) is 2.87. The molecule has 1 heterocycles. The van der Waals surface area contributed by atoms with Gasteiger partial charge in [0.05, 0.1) is 19.3 Å². The lowest BCUT2D eigenvalue weighted by Crippen LogP contribution is -2.38. The minimum absolute atomic E-state index is 0.0324. The zero-order chi connectivity index (χ0) is 17.3. The highest BCUT2D eigenvalue weighted by Crippen LogP contribution is 2.23. The average Bonchev–Trinajstić information content (AvgIpc) is 2.68. The van der Waals surface area contributed by atoms with Crippen LogP contribution in [-0.2, 0) is 22.6 Å². The van der Waals surface area contributed by atoms with Crippen LogP contribution in [0.25, 0.3) is 0 Å². The molecule has 2 aromatic rings. The molecular formula is C20H26N2O2S. The van der Waals surface area contributed by atoms with E-state index in [1.807, 2.05) is 24.5 Å². The predicted molar refractivity (Wildman–Crippen MR) is 103 cm³/mol. The van der Waals surface area contributed by atoms with Crippen LogP contribution in [0.3, 0.4) is 0 Å². The summed E-state index contributed by atoms with van der Waals surface area (Å²) in [4.78, 5) is 0. The number of hydrogen-bond acceptors (Lipinski definition) is 5. The van der Waals surface area contributed by atoms with E-state index in [9.17, 15) is 0 Å². The molecule has 3 rings (SSSR count). The Bertz CT molecular complexity index is 621. The average molecular weight is 359 g/mol. The van der Waals surface area contributed by atoms with Gasteiger partial charge in [-0.1, -0.05) is 66.5 Å². The van der Waals surface area contributed by atoms with Crippen LogP contribution in [0.5, 0.6) is 0 Å². The molecule has 5 heteroatoms. The Morgan fingerprint density at radius 1 is 0.960 bits per heavy atom. The summed E-state index contributed by atoms with van der Waals surface area (Å²) in [6, 6.07) is 19.0. The van der Waals surface area contributed by atoms with Crippen molar-refractivity contribution in [3.63, 3.8) is 0 Å². The molecule has 2 unspecified atom stereocenters. The van der Waals surface area contributed by atoms with E-state index < -0.39 is 0 Å². The molecule has 0 spiro atoms. The smallest absolute Gasteiger partial charge is 0.106 e. The first-order valence-electron chi connectivity index (χ1n) is 8.67. The van der Waals surface area contributed by atoms with Crippen LogP contribution < -0.4 is 10.0 Å². The topological polar surface area (TPSA) is 42.5 Å². The summed E-state index contributed by atoms with van der Waals surface area (Å²) in [5.74, 6) is 0. The van der Waals surface area contributed by atoms with Crippen molar-refractivity contribution >= 4 is 11.9 Å². The highest BCUT2D eigenvalue weighted by Gasteiger charge is 2.23. The summed E-state index contributed by atoms with van der Waals surface area (Å²) < 4.78 is 15.2. The van der Waals surface area contributed by atoms with E-state index in [0.29, 0.717) is 13.2 Å². The van der Waals surface area contributed by atoms with Crippen LogP contribution >= 0.6 is 11.9 Å². The fraction of sp³-hybridized carbons (Fsp3) is 0.400. The summed E-state index contributed by atoms with van der Waals surface area (Å²) in [6.45, 7) is 3.80. The van der Waals surface area contributed by atoms with E-state index in [2.05, 4.69) is 46.4 Å². The maximum atomic E-state index is 6.18. The van der Waals surface area contributed by atoms with Gasteiger partial charge in [0.1, 0.15) is 6.10 Å². The van der Waals surface area contributed by atoms with Crippen LogP contribution in [0.4, 0.5) is 0 Å². The third kappa shape index (κ3) is 5.83. The van der Waals surface area contributed by atoms with Crippen molar-refractivity contribution in [3.8, 4) is 0 Å². The lowest BCUT2D eigenvalue weighted by molar-refractivity contribution is -0.138. The zero-order valence-corrected chi connectivity index (χ0v) is 15.4. The molecule has 2 aromatic carbocycles. The molecule has 134 valence electrons. The standard InChI is InChI=1S/C20H26N2O2S/c1-25-22-12-17-9-7-16(8-10-17)11-21-13-19-14-23-15-20(24-19)18-5-3-2-4-6-18/h2-10,19-22H,11-15H2,1H3. The molecule has 1 aliphatic heterocycles. The molecule has 0 saturated carbocycles. The molecule has 0 aliphatic carbocycles. The molecule has 0 aromatic heterocycles. The molecular weight excluding hydrogens is 332 g/mol. The molecule has 4 nitrogen and oxygen atoms in total. The van der Waals surface area contributed by atoms with Gasteiger partial charge in [0.2, 0.25) is 0 Å². The van der Waals surface area contributed by atoms with Crippen molar-refractivity contribution in [2.75, 3.05) is 26.0 Å². The van der Waals surface area contributed by atoms with Gasteiger partial charge < -0.3 is 14.8 Å². The molecule has 1 aliphatic rings. The van der Waals surface area contributed by atoms with Crippen LogP contribution in [-0.4, -0.2) is 32.1 Å². The largest absolute Gasteiger partial charge is 0.376 e. The van der Waals surface area contributed by atoms with Crippen molar-refractivity contribution < 1.29 is 9.47 Å². The first-order valence-corrected chi connectivity index (χ1v) is 9.90. The normalized spacial score (nSPS) is 20.5. The minimum atomic E-state index is 0.0324. The van der Waals surface area contributed by atoms with Gasteiger partial charge in [0.25, 0.3) is 0 Å². The van der Waals surface area contributed by atoms with Crippen LogP contribution in [0.2, 0.25) is 0 Å². The van der Waals surface area contributed by atoms with Gasteiger partial charge in [0, 0.05) is 19.6 Å². The third-order valence-corrected chi connectivity index (χ3v) is 4.68. The summed E-state index contributed by atoms with van der Waals surface area (Å²) in [7, 11) is 0. The maximum Gasteiger partial charge on any atom is 0.106 e. The summed E-state index contributed by atoms with van der Waals surface area (Å²) >= 11 is 1.64. The Balaban J connectivity index is 1.42. The quantitative estimate of drug-likeness (QED) is 0.709. The van der Waals surface area contributed by atoms with E-state index in [1.165, 1.54) is 16.7 Å². The zero-order valence-electron chi connectivity index (χ0n) is 14.6. The van der Waals surface area contributed by atoms with E-state index in [-0.39, 0.29) is 12.2 Å². The second-order valence-electron chi connectivity index (χ2n) is 6.17. The summed E-state index contributed by atoms with van der Waals surface area (Å²) in [5.41, 5.74) is 3.76. The van der Waals surface area contributed by atoms with Gasteiger partial charge in [-0.05, 0) is 22.9 Å². The third-order valence-electron chi connectivity index (χ3n) is 4.25. The summed E-state index contributed by atoms with van der Waals surface area (Å²) in [5, 5.41) is 3.48. The first-order chi connectivity index (χ1) is 12.3. The Hall–Kier alpha value is -1.37. The highest BCUT2D eigenvalue weighted by atomic mass is 32.2. The van der Waals surface area contributed by atoms with Gasteiger partial charge in [0.15, 0.2) is 0 Å². The maximum absolute atomic E-state index is 6.18. The SMILES string of the molecule is CSNCc1ccc(CNCC2COCC(c3ccccc3)O2)cc1. The monoisotopic (exact) mass is 358 g/mol. The van der Waals surface area contributed by atoms with E-state index in [4.69, 9.17) is 9.47 Å². The summed E-state index contributed by atoms with van der Waals surface area (Å²) in [6.07, 6.45) is 2.16. The Labute approximate surface area is 154 Å². The lowest BCUT2D eigenvalue weighted by Gasteiger charge is -2.30. The van der Waals surface area contributed by atoms with Gasteiger partial charge in [-0.3, -0.25) is 4.72 Å². The molecule has 2 atom stereocenters. The molecule has 0 amide bonds. The number of benzene rings is 2. The molecule has 0 bridgehead atoms. The van der Waals surface area contributed by atoms with Crippen molar-refractivity contribution in [1.29, 1.82) is 0 Å². The molecule has 2 N–H and O–H groups in total. The van der Waals surface area contributed by atoms with Crippen molar-refractivity contribution in [1.82, 2.24) is 10.0 Å². The highest BCUT2D eigenvalue weighted by molar-refractivity contribution is 7.96. The molecule has 0 radical (unpaired) electrons. The van der Waals surface area contributed by atoms with Crippen molar-refractivity contribution in [2.45, 2.75) is 25.3 Å². The Morgan fingerprint density at radius 2 is 1.68 bits per heavy atom. The van der Waals surface area contributed by atoms with E-state index >= 15 is 0 Å². The minimum Gasteiger partial charge on any atom is -0.376 e. The number of hydrogen-bond donors (Lipinski definition) is 2. The van der Waals surface area contributed by atoms with Crippen molar-refractivity contribution in [3.05, 3.63) is 71.3 Å². The number of rotatable bonds is 8. The molecule has 25 heavy (non-hydrogen) atoms. The van der Waals surface area contributed by atoms with Crippen LogP contribution in [0.15, 0.2) is 54.6 Å². The van der Waals surface area contributed by atoms with Crippen molar-refractivity contribution in [2.24, 2.45) is 0 Å². The van der Waals surface area contributed by atoms with Gasteiger partial charge in [-0.2, -0.15) is 0 Å². The van der Waals surface area contributed by atoms with Gasteiger partial charge in [-0.15, -0.1) is 0 Å². The molecule has 1 saturated heterocycles. The van der Waals surface area contributed by atoms with Crippen LogP contribution in [0.1, 0.15) is 22.8 Å². The first kappa shape index (κ1) is 18.4. The van der Waals surface area contributed by atoms with Crippen LogP contribution in [0, 0.1) is 0 Å². The Kier molecular flexibility index (Phi) is 7.33. The number of nitrogens with one attached hydrogen (secondary N) is 2. The second kappa shape index (κ2) is 9.94. The van der Waals surface area contributed by atoms with Gasteiger partial charge in [-0.25, -0.2) is 0 Å². The lowest BCUT2D eigenvalue weighted by atomic mass is 10.1. The van der Waals surface area contributed by atoms with Gasteiger partial charge >= 0.3 is 0 Å². The predicted octanol–water partition coefficient (Wildman–Crippen LogP) is 3.30. The second-order valence-corrected chi connectivity index (χ2v) is 6.86. The van der Waals surface area contributed by atoms with E-state index in [0.717, 1.165) is 19.6 Å².